The molecule has 0 unspecified atom stereocenters. The monoisotopic (exact) mass is 892 g/mol. The molecule has 1 aliphatic heterocycles. The number of anilines is 4. The van der Waals surface area contributed by atoms with Crippen molar-refractivity contribution in [3.63, 3.8) is 0 Å². The fraction of sp³-hybridized carbons (Fsp3) is 0.269. The number of ketones is 1. The lowest BCUT2D eigenvalue weighted by atomic mass is 9.84. The molecule has 7 rings (SSSR count). The zero-order chi connectivity index (χ0) is 45.8. The first kappa shape index (κ1) is 47.2. The molecular weight excluding hydrogens is 837 g/mol. The second-order valence-electron chi connectivity index (χ2n) is 14.9. The molecule has 66 heavy (non-hydrogen) atoms. The molecule has 0 bridgehead atoms. The van der Waals surface area contributed by atoms with Crippen LogP contribution in [0.4, 0.5) is 22.7 Å². The minimum atomic E-state index is -0.351. The van der Waals surface area contributed by atoms with Crippen molar-refractivity contribution in [3.8, 4) is 0 Å². The van der Waals surface area contributed by atoms with Crippen LogP contribution in [0.5, 0.6) is 0 Å². The second kappa shape index (κ2) is 25.1. The first-order valence-corrected chi connectivity index (χ1v) is 22.0. The fourth-order valence-electron chi connectivity index (χ4n) is 7.30. The molecule has 14 heteroatoms. The molecule has 342 valence electrons. The second-order valence-corrected chi connectivity index (χ2v) is 14.9. The summed E-state index contributed by atoms with van der Waals surface area (Å²) in [6.45, 7) is 4.78. The van der Waals surface area contributed by atoms with Crippen molar-refractivity contribution in [2.75, 3.05) is 96.9 Å². The summed E-state index contributed by atoms with van der Waals surface area (Å²) in [5, 5.41) is 28.0. The van der Waals surface area contributed by atoms with Crippen molar-refractivity contribution in [2.45, 2.75) is 6.54 Å². The van der Waals surface area contributed by atoms with Crippen molar-refractivity contribution < 1.29 is 42.9 Å². The highest BCUT2D eigenvalue weighted by Crippen LogP contribution is 2.38. The van der Waals surface area contributed by atoms with Crippen LogP contribution >= 0.6 is 0 Å². The van der Waals surface area contributed by atoms with Gasteiger partial charge in [0.25, 0.3) is 0 Å². The third kappa shape index (κ3) is 12.3. The highest BCUT2D eigenvalue weighted by Gasteiger charge is 2.38. The Morgan fingerprint density at radius 3 is 1.48 bits per heavy atom. The van der Waals surface area contributed by atoms with Crippen LogP contribution in [0, 0.1) is 0 Å². The van der Waals surface area contributed by atoms with E-state index in [0.29, 0.717) is 102 Å². The summed E-state index contributed by atoms with van der Waals surface area (Å²) in [5.74, 6) is -0.702. The first-order valence-electron chi connectivity index (χ1n) is 22.0. The Hall–Kier alpha value is -6.78. The predicted octanol–water partition coefficient (Wildman–Crippen LogP) is 6.78. The number of ether oxygens (including phenoxy) is 6. The Morgan fingerprint density at radius 2 is 1.00 bits per heavy atom. The standard InChI is InChI=1S/C52H56N6O8/c1-61-31-33-65-37-35-63-29-27-55-45(39-53-57(41-15-7-3-8-16-41)42-17-9-4-10-18-42)23-25-47(55)49-51(59)50(52(49)60)48-26-24-46(56(48)28-30-64-36-38-66-34-32-62-2)40-54-58(43-19-11-5-12-20-43)44-21-13-6-14-22-44/h3-26,39-40H,27-38H2,1-2H3. The van der Waals surface area contributed by atoms with E-state index in [9.17, 15) is 9.90 Å². The minimum absolute atomic E-state index is 0.0993. The lowest BCUT2D eigenvalue weighted by Crippen LogP contribution is -2.34. The van der Waals surface area contributed by atoms with Gasteiger partial charge in [0.1, 0.15) is 12.8 Å². The third-order valence-corrected chi connectivity index (χ3v) is 10.6. The minimum Gasteiger partial charge on any atom is -0.871 e. The highest BCUT2D eigenvalue weighted by molar-refractivity contribution is 6.39. The summed E-state index contributed by atoms with van der Waals surface area (Å²) in [6.07, 6.45) is 7.15. The average Bonchev–Trinajstić information content (AvgIpc) is 3.94. The maximum absolute atomic E-state index is 14.4. The number of carbonyl (C=O) groups is 1. The molecule has 5 aromatic rings. The number of hydrogen-bond acceptors (Lipinski definition) is 12. The number of methoxy groups -OCH3 is 2. The maximum atomic E-state index is 14.4. The number of aromatic nitrogens is 1. The molecule has 0 atom stereocenters. The van der Waals surface area contributed by atoms with Crippen molar-refractivity contribution in [1.82, 2.24) is 4.57 Å². The number of hydrazone groups is 2. The van der Waals surface area contributed by atoms with Gasteiger partial charge in [-0.15, -0.1) is 0 Å². The number of para-hydroxylation sites is 4. The van der Waals surface area contributed by atoms with Crippen molar-refractivity contribution in [2.24, 2.45) is 10.2 Å². The van der Waals surface area contributed by atoms with Gasteiger partial charge in [0.05, 0.1) is 105 Å². The summed E-state index contributed by atoms with van der Waals surface area (Å²) in [5.41, 5.74) is 6.03. The molecule has 1 aliphatic carbocycles. The summed E-state index contributed by atoms with van der Waals surface area (Å²) < 4.78 is 37.0. The third-order valence-electron chi connectivity index (χ3n) is 10.6. The Balaban J connectivity index is 1.20. The van der Waals surface area contributed by atoms with Gasteiger partial charge in [0.2, 0.25) is 17.2 Å². The number of allylic oxidation sites excluding steroid dienone is 4. The molecule has 2 heterocycles. The van der Waals surface area contributed by atoms with Crippen molar-refractivity contribution in [3.05, 3.63) is 174 Å². The van der Waals surface area contributed by atoms with E-state index in [-0.39, 0.29) is 22.7 Å². The van der Waals surface area contributed by atoms with E-state index in [1.54, 1.807) is 38.8 Å². The normalized spacial score (nSPS) is 14.9. The Kier molecular flexibility index (Phi) is 17.9. The maximum Gasteiger partial charge on any atom is 0.226 e. The molecule has 4 aromatic carbocycles. The van der Waals surface area contributed by atoms with E-state index in [0.717, 1.165) is 22.7 Å². The average molecular weight is 893 g/mol. The number of carbonyl (C=O) groups excluding carboxylic acids is 1. The van der Waals surface area contributed by atoms with Gasteiger partial charge < -0.3 is 38.1 Å². The number of nitrogens with zero attached hydrogens (tertiary/aromatic N) is 6. The molecule has 14 nitrogen and oxygen atoms in total. The number of Topliss-reactive ketones (excluding diaryl/α,β-unsaturated/α-hetero) is 1. The summed E-state index contributed by atoms with van der Waals surface area (Å²) in [6, 6.07) is 43.0. The molecule has 1 aromatic heterocycles. The lowest BCUT2D eigenvalue weighted by molar-refractivity contribution is -0.471. The first-order chi connectivity index (χ1) is 32.6. The Morgan fingerprint density at radius 1 is 0.545 bits per heavy atom. The van der Waals surface area contributed by atoms with Gasteiger partial charge in [0.15, 0.2) is 6.54 Å². The van der Waals surface area contributed by atoms with Crippen LogP contribution in [0.25, 0.3) is 5.57 Å². The molecule has 0 saturated carbocycles. The van der Waals surface area contributed by atoms with E-state index in [1.807, 2.05) is 153 Å². The molecular formula is C52H56N6O8. The van der Waals surface area contributed by atoms with Gasteiger partial charge >= 0.3 is 0 Å². The van der Waals surface area contributed by atoms with Crippen LogP contribution in [0.15, 0.2) is 173 Å². The predicted molar refractivity (Wildman–Crippen MR) is 256 cm³/mol. The van der Waals surface area contributed by atoms with Crippen LogP contribution in [0.1, 0.15) is 11.4 Å². The summed E-state index contributed by atoms with van der Waals surface area (Å²) in [7, 11) is 3.25. The fourth-order valence-corrected chi connectivity index (χ4v) is 7.30. The van der Waals surface area contributed by atoms with Crippen LogP contribution in [-0.2, 0) is 39.8 Å². The van der Waals surface area contributed by atoms with Crippen LogP contribution < -0.4 is 15.1 Å². The molecule has 0 spiro atoms. The number of hydrogen-bond donors (Lipinski definition) is 0. The smallest absolute Gasteiger partial charge is 0.226 e. The molecule has 0 fully saturated rings. The van der Waals surface area contributed by atoms with E-state index >= 15 is 0 Å². The largest absolute Gasteiger partial charge is 0.871 e. The lowest BCUT2D eigenvalue weighted by Gasteiger charge is -2.31. The molecule has 0 radical (unpaired) electrons. The van der Waals surface area contributed by atoms with Gasteiger partial charge in [-0.25, -0.2) is 10.0 Å². The van der Waals surface area contributed by atoms with Gasteiger partial charge in [0, 0.05) is 38.5 Å². The van der Waals surface area contributed by atoms with E-state index in [1.165, 1.54) is 0 Å². The quantitative estimate of drug-likeness (QED) is 0.0183. The summed E-state index contributed by atoms with van der Waals surface area (Å²) in [4.78, 5) is 14.4. The van der Waals surface area contributed by atoms with Gasteiger partial charge in [-0.1, -0.05) is 78.6 Å². The SMILES string of the molecule is COCCOCCOCCn1c(/C=N/N(c2ccccc2)c2ccccc2)ccc1C1=C([O-])/C(=C2/C=CC(/C=N/N(c3ccccc3)c3ccccc3)=[N+]2CCOCCOCCOC)C1=O. The molecule has 0 N–H and O–H groups in total. The van der Waals surface area contributed by atoms with Crippen molar-refractivity contribution >= 4 is 52.2 Å². The van der Waals surface area contributed by atoms with Crippen molar-refractivity contribution in [1.29, 1.82) is 0 Å². The molecule has 0 saturated heterocycles. The van der Waals surface area contributed by atoms with Crippen LogP contribution in [0.2, 0.25) is 0 Å². The number of rotatable bonds is 27. The Labute approximate surface area is 386 Å². The van der Waals surface area contributed by atoms with Crippen LogP contribution in [0.3, 0.4) is 0 Å². The summed E-state index contributed by atoms with van der Waals surface area (Å²) >= 11 is 0. The van der Waals surface area contributed by atoms with E-state index < -0.39 is 0 Å². The topological polar surface area (TPSA) is 135 Å². The molecule has 2 aliphatic rings. The van der Waals surface area contributed by atoms with Gasteiger partial charge in [-0.05, 0) is 60.7 Å². The van der Waals surface area contributed by atoms with Gasteiger partial charge in [-0.2, -0.15) is 14.8 Å². The van der Waals surface area contributed by atoms with E-state index in [4.69, 9.17) is 38.6 Å². The highest BCUT2D eigenvalue weighted by atomic mass is 16.5. The van der Waals surface area contributed by atoms with E-state index in [2.05, 4.69) is 0 Å². The van der Waals surface area contributed by atoms with Gasteiger partial charge in [-0.3, -0.25) is 4.79 Å². The van der Waals surface area contributed by atoms with Crippen LogP contribution in [-0.4, -0.2) is 120 Å². The molecule has 0 amide bonds. The zero-order valence-corrected chi connectivity index (χ0v) is 37.4. The number of benzene rings is 4. The zero-order valence-electron chi connectivity index (χ0n) is 37.4. The Bertz CT molecular complexity index is 2420.